The lowest BCUT2D eigenvalue weighted by molar-refractivity contribution is 0.285. The predicted octanol–water partition coefficient (Wildman–Crippen LogP) is 3.87. The average molecular weight is 441 g/mol. The van der Waals surface area contributed by atoms with Gasteiger partial charge in [0.2, 0.25) is 0 Å². The van der Waals surface area contributed by atoms with Crippen LogP contribution in [0.2, 0.25) is 0 Å². The van der Waals surface area contributed by atoms with Gasteiger partial charge >= 0.3 is 0 Å². The van der Waals surface area contributed by atoms with Crippen molar-refractivity contribution in [3.8, 4) is 0 Å². The minimum Gasteiger partial charge on any atom is -0.391 e. The summed E-state index contributed by atoms with van der Waals surface area (Å²) in [5.74, 6) is 0. The van der Waals surface area contributed by atoms with E-state index in [1.54, 1.807) is 12.1 Å². The van der Waals surface area contributed by atoms with Crippen molar-refractivity contribution in [2.45, 2.75) is 18.4 Å². The summed E-state index contributed by atoms with van der Waals surface area (Å²) in [4.78, 5) is 0.714. The fourth-order valence-electron chi connectivity index (χ4n) is 1.53. The Morgan fingerprint density at radius 3 is 2.55 bits per heavy atom. The minimum absolute atomic E-state index is 0.128. The number of anilines is 1. The maximum atomic E-state index is 12.3. The fraction of sp³-hybridized carbons (Fsp3) is 0.167. The van der Waals surface area contributed by atoms with E-state index in [4.69, 9.17) is 5.11 Å². The molecule has 0 saturated heterocycles. The van der Waals surface area contributed by atoms with Crippen molar-refractivity contribution in [3.05, 3.63) is 43.0 Å². The van der Waals surface area contributed by atoms with E-state index in [2.05, 4.69) is 36.6 Å². The van der Waals surface area contributed by atoms with Gasteiger partial charge in [-0.2, -0.15) is 0 Å². The number of hydrogen-bond donors (Lipinski definition) is 2. The van der Waals surface area contributed by atoms with Crippen LogP contribution in [-0.4, -0.2) is 13.5 Å². The van der Waals surface area contributed by atoms with E-state index in [-0.39, 0.29) is 11.5 Å². The highest BCUT2D eigenvalue weighted by Gasteiger charge is 2.21. The summed E-state index contributed by atoms with van der Waals surface area (Å²) < 4.78 is 28.5. The highest BCUT2D eigenvalue weighted by molar-refractivity contribution is 9.11. The molecule has 2 aromatic rings. The van der Waals surface area contributed by atoms with Gasteiger partial charge in [0.05, 0.1) is 10.4 Å². The van der Waals surface area contributed by atoms with Crippen LogP contribution < -0.4 is 4.72 Å². The zero-order chi connectivity index (χ0) is 14.9. The molecule has 0 aliphatic heterocycles. The second kappa shape index (κ2) is 6.15. The van der Waals surface area contributed by atoms with Gasteiger partial charge in [-0.25, -0.2) is 8.42 Å². The van der Waals surface area contributed by atoms with Crippen molar-refractivity contribution in [2.75, 3.05) is 4.72 Å². The quantitative estimate of drug-likeness (QED) is 0.758. The van der Waals surface area contributed by atoms with Gasteiger partial charge in [0.15, 0.2) is 0 Å². The van der Waals surface area contributed by atoms with E-state index in [1.807, 2.05) is 13.0 Å². The Morgan fingerprint density at radius 2 is 2.00 bits per heavy atom. The topological polar surface area (TPSA) is 66.4 Å². The molecule has 2 rings (SSSR count). The molecule has 0 spiro atoms. The number of nitrogens with one attached hydrogen (secondary N) is 1. The Kier molecular flexibility index (Phi) is 4.91. The number of aliphatic hydroxyl groups is 1. The molecule has 0 saturated carbocycles. The summed E-state index contributed by atoms with van der Waals surface area (Å²) in [7, 11) is -3.68. The van der Waals surface area contributed by atoms with Crippen molar-refractivity contribution in [3.63, 3.8) is 0 Å². The third-order valence-corrected chi connectivity index (χ3v) is 7.05. The summed E-state index contributed by atoms with van der Waals surface area (Å²) in [6.45, 7) is 1.74. The number of aliphatic hydroxyl groups excluding tert-OH is 1. The molecule has 0 atom stereocenters. The molecule has 0 radical (unpaired) electrons. The van der Waals surface area contributed by atoms with Gasteiger partial charge in [-0.1, -0.05) is 22.0 Å². The molecule has 0 fully saturated rings. The van der Waals surface area contributed by atoms with Crippen LogP contribution in [0.25, 0.3) is 0 Å². The summed E-state index contributed by atoms with van der Waals surface area (Å²) in [6.07, 6.45) is 0. The molecule has 0 aliphatic carbocycles. The molecule has 0 bridgehead atoms. The first kappa shape index (κ1) is 16.0. The molecule has 1 heterocycles. The van der Waals surface area contributed by atoms with Crippen LogP contribution in [0.5, 0.6) is 0 Å². The first-order chi connectivity index (χ1) is 9.33. The molecule has 0 unspecified atom stereocenters. The van der Waals surface area contributed by atoms with Crippen molar-refractivity contribution < 1.29 is 13.5 Å². The second-order valence-corrected chi connectivity index (χ2v) is 9.04. The average Bonchev–Trinajstić information content (AvgIpc) is 2.76. The van der Waals surface area contributed by atoms with Crippen LogP contribution in [0.4, 0.5) is 5.69 Å². The van der Waals surface area contributed by atoms with Crippen LogP contribution >= 0.6 is 43.2 Å². The first-order valence-electron chi connectivity index (χ1n) is 5.51. The maximum absolute atomic E-state index is 12.3. The fourth-order valence-corrected chi connectivity index (χ4v) is 5.50. The van der Waals surface area contributed by atoms with Gasteiger partial charge in [0, 0.05) is 15.0 Å². The molecular weight excluding hydrogens is 430 g/mol. The van der Waals surface area contributed by atoms with Gasteiger partial charge < -0.3 is 5.11 Å². The molecular formula is C12H11Br2NO3S2. The smallest absolute Gasteiger partial charge is 0.263 e. The maximum Gasteiger partial charge on any atom is 0.263 e. The lowest BCUT2D eigenvalue weighted by Crippen LogP contribution is -2.12. The van der Waals surface area contributed by atoms with Crippen molar-refractivity contribution in [2.24, 2.45) is 0 Å². The number of aryl methyl sites for hydroxylation is 1. The third kappa shape index (κ3) is 3.43. The number of hydrogen-bond acceptors (Lipinski definition) is 4. The monoisotopic (exact) mass is 439 g/mol. The van der Waals surface area contributed by atoms with E-state index in [0.717, 1.165) is 10.0 Å². The first-order valence-corrected chi connectivity index (χ1v) is 9.40. The number of sulfonamides is 1. The van der Waals surface area contributed by atoms with Gasteiger partial charge in [-0.3, -0.25) is 4.72 Å². The van der Waals surface area contributed by atoms with E-state index in [0.29, 0.717) is 14.4 Å². The van der Waals surface area contributed by atoms with Crippen LogP contribution in [0.3, 0.4) is 0 Å². The molecule has 4 nitrogen and oxygen atoms in total. The number of thiophene rings is 1. The zero-order valence-electron chi connectivity index (χ0n) is 10.4. The molecule has 0 aliphatic rings. The lowest BCUT2D eigenvalue weighted by atomic mass is 10.2. The van der Waals surface area contributed by atoms with E-state index < -0.39 is 10.0 Å². The molecule has 2 N–H and O–H groups in total. The normalized spacial score (nSPS) is 11.6. The second-order valence-electron chi connectivity index (χ2n) is 4.08. The SMILES string of the molecule is Cc1ccc(NS(=O)(=O)c2cc(CO)sc2Br)cc1Br. The Balaban J connectivity index is 2.35. The highest BCUT2D eigenvalue weighted by Crippen LogP contribution is 2.33. The number of benzene rings is 1. The molecule has 0 amide bonds. The largest absolute Gasteiger partial charge is 0.391 e. The van der Waals surface area contributed by atoms with Gasteiger partial charge in [-0.05, 0) is 46.6 Å². The molecule has 8 heteroatoms. The van der Waals surface area contributed by atoms with Crippen molar-refractivity contribution in [1.82, 2.24) is 0 Å². The Bertz CT molecular complexity index is 741. The zero-order valence-corrected chi connectivity index (χ0v) is 15.2. The molecule has 108 valence electrons. The van der Waals surface area contributed by atoms with Crippen LogP contribution in [0, 0.1) is 6.92 Å². The van der Waals surface area contributed by atoms with Gasteiger partial charge in [0.1, 0.15) is 4.90 Å². The van der Waals surface area contributed by atoms with Crippen molar-refractivity contribution >= 4 is 58.9 Å². The Labute approximate surface area is 138 Å². The standard InChI is InChI=1S/C12H11Br2NO3S2/c1-7-2-3-8(4-10(7)13)15-20(17,18)11-5-9(6-16)19-12(11)14/h2-5,15-16H,6H2,1H3. The lowest BCUT2D eigenvalue weighted by Gasteiger charge is -2.08. The van der Waals surface area contributed by atoms with Gasteiger partial charge in [-0.15, -0.1) is 11.3 Å². The number of halogens is 2. The van der Waals surface area contributed by atoms with Crippen LogP contribution in [-0.2, 0) is 16.6 Å². The summed E-state index contributed by atoms with van der Waals surface area (Å²) >= 11 is 7.77. The summed E-state index contributed by atoms with van der Waals surface area (Å²) in [5.41, 5.74) is 1.50. The van der Waals surface area contributed by atoms with Crippen LogP contribution in [0.15, 0.2) is 37.4 Å². The van der Waals surface area contributed by atoms with E-state index in [9.17, 15) is 8.42 Å². The number of rotatable bonds is 4. The highest BCUT2D eigenvalue weighted by atomic mass is 79.9. The van der Waals surface area contributed by atoms with Crippen molar-refractivity contribution in [1.29, 1.82) is 0 Å². The molecule has 1 aromatic carbocycles. The minimum atomic E-state index is -3.68. The summed E-state index contributed by atoms with van der Waals surface area (Å²) in [5, 5.41) is 9.07. The molecule has 1 aromatic heterocycles. The molecule has 20 heavy (non-hydrogen) atoms. The Hall–Kier alpha value is -0.410. The summed E-state index contributed by atoms with van der Waals surface area (Å²) in [6, 6.07) is 6.69. The Morgan fingerprint density at radius 1 is 1.30 bits per heavy atom. The third-order valence-electron chi connectivity index (χ3n) is 2.58. The van der Waals surface area contributed by atoms with Crippen LogP contribution in [0.1, 0.15) is 10.4 Å². The predicted molar refractivity (Wildman–Crippen MR) is 87.6 cm³/mol. The van der Waals surface area contributed by atoms with E-state index >= 15 is 0 Å². The van der Waals surface area contributed by atoms with Gasteiger partial charge in [0.25, 0.3) is 10.0 Å². The van der Waals surface area contributed by atoms with E-state index in [1.165, 1.54) is 17.4 Å².